The lowest BCUT2D eigenvalue weighted by Crippen LogP contribution is -2.20. The fourth-order valence-corrected chi connectivity index (χ4v) is 1.76. The Bertz CT molecular complexity index is 386. The van der Waals surface area contributed by atoms with Crippen LogP contribution in [0.3, 0.4) is 0 Å². The van der Waals surface area contributed by atoms with Gasteiger partial charge in [0.05, 0.1) is 0 Å². The lowest BCUT2D eigenvalue weighted by molar-refractivity contribution is -0.141. The van der Waals surface area contributed by atoms with Crippen LogP contribution < -0.4 is 4.90 Å². The minimum atomic E-state index is -4.47. The van der Waals surface area contributed by atoms with Gasteiger partial charge in [0.2, 0.25) is 0 Å². The summed E-state index contributed by atoms with van der Waals surface area (Å²) >= 11 is 0. The molecule has 0 radical (unpaired) electrons. The number of aromatic hydroxyl groups is 1. The van der Waals surface area contributed by atoms with Crippen molar-refractivity contribution in [3.05, 3.63) is 17.8 Å². The summed E-state index contributed by atoms with van der Waals surface area (Å²) in [6, 6.07) is 1.83. The van der Waals surface area contributed by atoms with Gasteiger partial charge in [-0.05, 0) is 25.0 Å². The highest BCUT2D eigenvalue weighted by Gasteiger charge is 2.33. The maximum atomic E-state index is 12.4. The number of nitrogens with zero attached hydrogens (tertiary/aromatic N) is 2. The highest BCUT2D eigenvalue weighted by Crippen LogP contribution is 2.34. The molecule has 2 heterocycles. The van der Waals surface area contributed by atoms with E-state index in [4.69, 9.17) is 0 Å². The van der Waals surface area contributed by atoms with Crippen molar-refractivity contribution < 1.29 is 18.3 Å². The SMILES string of the molecule is Oc1ccc(C(F)(F)F)nc1N1CCCC1. The van der Waals surface area contributed by atoms with E-state index >= 15 is 0 Å². The number of hydrogen-bond acceptors (Lipinski definition) is 3. The first-order chi connectivity index (χ1) is 7.48. The molecular formula is C10H11F3N2O. The minimum Gasteiger partial charge on any atom is -0.504 e. The first kappa shape index (κ1) is 11.0. The van der Waals surface area contributed by atoms with Crippen LogP contribution in [0.25, 0.3) is 0 Å². The molecule has 3 nitrogen and oxygen atoms in total. The molecule has 1 aromatic rings. The van der Waals surface area contributed by atoms with E-state index in [-0.39, 0.29) is 11.6 Å². The Morgan fingerprint density at radius 1 is 1.19 bits per heavy atom. The van der Waals surface area contributed by atoms with Crippen molar-refractivity contribution in [2.75, 3.05) is 18.0 Å². The second kappa shape index (κ2) is 3.84. The molecule has 1 aromatic heterocycles. The summed E-state index contributed by atoms with van der Waals surface area (Å²) < 4.78 is 37.3. The van der Waals surface area contributed by atoms with Gasteiger partial charge in [0.1, 0.15) is 5.69 Å². The predicted molar refractivity (Wildman–Crippen MR) is 52.4 cm³/mol. The molecule has 0 bridgehead atoms. The van der Waals surface area contributed by atoms with E-state index in [2.05, 4.69) is 4.98 Å². The highest BCUT2D eigenvalue weighted by molar-refractivity contribution is 5.52. The zero-order valence-electron chi connectivity index (χ0n) is 8.46. The van der Waals surface area contributed by atoms with Gasteiger partial charge in [-0.25, -0.2) is 4.98 Å². The topological polar surface area (TPSA) is 36.4 Å². The highest BCUT2D eigenvalue weighted by atomic mass is 19.4. The molecule has 0 aromatic carbocycles. The molecule has 6 heteroatoms. The largest absolute Gasteiger partial charge is 0.504 e. The van der Waals surface area contributed by atoms with Crippen molar-refractivity contribution in [1.82, 2.24) is 4.98 Å². The van der Waals surface area contributed by atoms with Gasteiger partial charge in [0.25, 0.3) is 0 Å². The predicted octanol–water partition coefficient (Wildman–Crippen LogP) is 2.41. The standard InChI is InChI=1S/C10H11F3N2O/c11-10(12,13)8-4-3-7(16)9(14-8)15-5-1-2-6-15/h3-4,16H,1-2,5-6H2. The average molecular weight is 232 g/mol. The van der Waals surface area contributed by atoms with E-state index < -0.39 is 11.9 Å². The van der Waals surface area contributed by atoms with Gasteiger partial charge < -0.3 is 10.0 Å². The number of hydrogen-bond donors (Lipinski definition) is 1. The van der Waals surface area contributed by atoms with Gasteiger partial charge in [0.15, 0.2) is 11.6 Å². The fourth-order valence-electron chi connectivity index (χ4n) is 1.76. The number of anilines is 1. The summed E-state index contributed by atoms with van der Waals surface area (Å²) in [4.78, 5) is 5.15. The minimum absolute atomic E-state index is 0.0346. The Labute approximate surface area is 90.5 Å². The van der Waals surface area contributed by atoms with Crippen LogP contribution in [0.15, 0.2) is 12.1 Å². The molecule has 88 valence electrons. The number of aromatic nitrogens is 1. The molecule has 0 amide bonds. The van der Waals surface area contributed by atoms with Crippen molar-refractivity contribution >= 4 is 5.82 Å². The Morgan fingerprint density at radius 2 is 1.81 bits per heavy atom. The third-order valence-corrected chi connectivity index (χ3v) is 2.55. The number of rotatable bonds is 1. The summed E-state index contributed by atoms with van der Waals surface area (Å²) in [5.41, 5.74) is -0.966. The molecule has 0 unspecified atom stereocenters. The molecule has 1 aliphatic rings. The molecule has 0 aliphatic carbocycles. The summed E-state index contributed by atoms with van der Waals surface area (Å²) in [5, 5.41) is 9.49. The lowest BCUT2D eigenvalue weighted by atomic mass is 10.3. The van der Waals surface area contributed by atoms with Crippen LogP contribution in [0.1, 0.15) is 18.5 Å². The number of halogens is 3. The first-order valence-electron chi connectivity index (χ1n) is 5.00. The second-order valence-electron chi connectivity index (χ2n) is 3.73. The Balaban J connectivity index is 2.36. The molecule has 16 heavy (non-hydrogen) atoms. The molecule has 0 atom stereocenters. The monoisotopic (exact) mass is 232 g/mol. The van der Waals surface area contributed by atoms with Gasteiger partial charge in [-0.15, -0.1) is 0 Å². The van der Waals surface area contributed by atoms with Crippen molar-refractivity contribution in [3.8, 4) is 5.75 Å². The number of alkyl halides is 3. The third kappa shape index (κ3) is 2.05. The van der Waals surface area contributed by atoms with Crippen LogP contribution in [-0.4, -0.2) is 23.2 Å². The van der Waals surface area contributed by atoms with E-state index in [1.54, 1.807) is 4.90 Å². The van der Waals surface area contributed by atoms with E-state index in [0.717, 1.165) is 25.0 Å². The van der Waals surface area contributed by atoms with Crippen LogP contribution in [0.2, 0.25) is 0 Å². The van der Waals surface area contributed by atoms with Crippen molar-refractivity contribution in [3.63, 3.8) is 0 Å². The molecule has 1 aliphatic heterocycles. The van der Waals surface area contributed by atoms with Gasteiger partial charge >= 0.3 is 6.18 Å². The van der Waals surface area contributed by atoms with Gasteiger partial charge in [-0.3, -0.25) is 0 Å². The normalized spacial score (nSPS) is 16.8. The van der Waals surface area contributed by atoms with Crippen molar-refractivity contribution in [2.45, 2.75) is 19.0 Å². The van der Waals surface area contributed by atoms with Crippen LogP contribution in [0.4, 0.5) is 19.0 Å². The summed E-state index contributed by atoms with van der Waals surface area (Å²) in [6.45, 7) is 1.28. The molecule has 0 saturated carbocycles. The molecular weight excluding hydrogens is 221 g/mol. The maximum absolute atomic E-state index is 12.4. The van der Waals surface area contributed by atoms with E-state index in [1.807, 2.05) is 0 Å². The molecule has 1 fully saturated rings. The van der Waals surface area contributed by atoms with Crippen LogP contribution in [0.5, 0.6) is 5.75 Å². The summed E-state index contributed by atoms with van der Waals surface area (Å²) in [6.07, 6.45) is -2.64. The first-order valence-corrected chi connectivity index (χ1v) is 5.00. The van der Waals surface area contributed by atoms with E-state index in [0.29, 0.717) is 13.1 Å². The van der Waals surface area contributed by atoms with Crippen LogP contribution in [0, 0.1) is 0 Å². The van der Waals surface area contributed by atoms with Crippen molar-refractivity contribution in [2.24, 2.45) is 0 Å². The zero-order valence-corrected chi connectivity index (χ0v) is 8.46. The Hall–Kier alpha value is -1.46. The van der Waals surface area contributed by atoms with Crippen molar-refractivity contribution in [1.29, 1.82) is 0 Å². The Kier molecular flexibility index (Phi) is 2.65. The second-order valence-corrected chi connectivity index (χ2v) is 3.73. The number of pyridine rings is 1. The zero-order chi connectivity index (χ0) is 11.8. The summed E-state index contributed by atoms with van der Waals surface area (Å²) in [7, 11) is 0. The smallest absolute Gasteiger partial charge is 0.433 e. The van der Waals surface area contributed by atoms with Gasteiger partial charge in [0, 0.05) is 13.1 Å². The van der Waals surface area contributed by atoms with E-state index in [1.165, 1.54) is 0 Å². The molecule has 1 saturated heterocycles. The van der Waals surface area contributed by atoms with E-state index in [9.17, 15) is 18.3 Å². The quantitative estimate of drug-likeness (QED) is 0.807. The molecule has 0 spiro atoms. The molecule has 1 N–H and O–H groups in total. The maximum Gasteiger partial charge on any atom is 0.433 e. The third-order valence-electron chi connectivity index (χ3n) is 2.55. The fraction of sp³-hybridized carbons (Fsp3) is 0.500. The summed E-state index contributed by atoms with van der Waals surface area (Å²) in [5.74, 6) is -0.165. The molecule has 2 rings (SSSR count). The van der Waals surface area contributed by atoms with Gasteiger partial charge in [-0.2, -0.15) is 13.2 Å². The lowest BCUT2D eigenvalue weighted by Gasteiger charge is -2.18. The van der Waals surface area contributed by atoms with Crippen LogP contribution >= 0.6 is 0 Å². The Morgan fingerprint density at radius 3 is 2.38 bits per heavy atom. The van der Waals surface area contributed by atoms with Crippen LogP contribution in [-0.2, 0) is 6.18 Å². The van der Waals surface area contributed by atoms with Gasteiger partial charge in [-0.1, -0.05) is 0 Å². The average Bonchev–Trinajstić information content (AvgIpc) is 2.69.